The second-order valence-electron chi connectivity index (χ2n) is 5.67. The predicted octanol–water partition coefficient (Wildman–Crippen LogP) is 3.45. The second kappa shape index (κ2) is 7.88. The average molecular weight is 388 g/mol. The summed E-state index contributed by atoms with van der Waals surface area (Å²) in [6, 6.07) is 11.4. The van der Waals surface area contributed by atoms with Crippen molar-refractivity contribution in [2.45, 2.75) is 6.42 Å². The van der Waals surface area contributed by atoms with Gasteiger partial charge < -0.3 is 15.0 Å². The Morgan fingerprint density at radius 3 is 2.78 bits per heavy atom. The largest absolute Gasteiger partial charge is 0.455 e. The molecule has 0 spiro atoms. The lowest BCUT2D eigenvalue weighted by Gasteiger charge is -2.07. The summed E-state index contributed by atoms with van der Waals surface area (Å²) < 4.78 is 4.97. The van der Waals surface area contributed by atoms with E-state index >= 15 is 0 Å². The van der Waals surface area contributed by atoms with Gasteiger partial charge in [0.25, 0.3) is 11.6 Å². The number of carbonyl (C=O) groups excluding carboxylic acids is 2. The molecule has 8 nitrogen and oxygen atoms in total. The number of halogens is 1. The Balaban J connectivity index is 1.55. The third-order valence-electron chi connectivity index (χ3n) is 3.80. The summed E-state index contributed by atoms with van der Waals surface area (Å²) in [5, 5.41) is 14.1. The second-order valence-corrected chi connectivity index (χ2v) is 6.08. The molecular weight excluding hydrogens is 374 g/mol. The number of hydrogen-bond donors (Lipinski definition) is 2. The van der Waals surface area contributed by atoms with E-state index in [0.717, 1.165) is 22.5 Å². The average Bonchev–Trinajstić information content (AvgIpc) is 3.04. The molecule has 0 aliphatic heterocycles. The molecule has 0 unspecified atom stereocenters. The number of H-pyrrole nitrogens is 1. The Kier molecular flexibility index (Phi) is 5.37. The van der Waals surface area contributed by atoms with Gasteiger partial charge in [0.15, 0.2) is 6.61 Å². The van der Waals surface area contributed by atoms with E-state index in [1.54, 1.807) is 6.20 Å². The molecule has 2 N–H and O–H groups in total. The number of amides is 1. The molecule has 138 valence electrons. The fourth-order valence-corrected chi connectivity index (χ4v) is 2.74. The van der Waals surface area contributed by atoms with Gasteiger partial charge in [-0.1, -0.05) is 29.8 Å². The maximum absolute atomic E-state index is 12.0. The van der Waals surface area contributed by atoms with Crippen molar-refractivity contribution in [2.24, 2.45) is 0 Å². The molecule has 3 rings (SSSR count). The zero-order valence-corrected chi connectivity index (χ0v) is 14.7. The number of rotatable bonds is 6. The summed E-state index contributed by atoms with van der Waals surface area (Å²) in [5.74, 6) is -1.17. The van der Waals surface area contributed by atoms with Crippen LogP contribution in [-0.4, -0.2) is 28.4 Å². The molecular formula is C18H14ClN3O5. The van der Waals surface area contributed by atoms with E-state index < -0.39 is 23.4 Å². The highest BCUT2D eigenvalue weighted by atomic mass is 35.5. The Labute approximate surface area is 158 Å². The van der Waals surface area contributed by atoms with Crippen molar-refractivity contribution >= 4 is 45.8 Å². The summed E-state index contributed by atoms with van der Waals surface area (Å²) in [6.07, 6.45) is 1.74. The van der Waals surface area contributed by atoms with E-state index in [-0.39, 0.29) is 22.8 Å². The number of benzene rings is 2. The maximum Gasteiger partial charge on any atom is 0.310 e. The molecule has 0 bridgehead atoms. The van der Waals surface area contributed by atoms with E-state index in [4.69, 9.17) is 16.3 Å². The van der Waals surface area contributed by atoms with E-state index in [1.165, 1.54) is 12.1 Å². The highest BCUT2D eigenvalue weighted by molar-refractivity contribution is 6.32. The predicted molar refractivity (Wildman–Crippen MR) is 99.7 cm³/mol. The molecule has 1 amide bonds. The normalized spacial score (nSPS) is 10.6. The lowest BCUT2D eigenvalue weighted by Crippen LogP contribution is -2.21. The van der Waals surface area contributed by atoms with Crippen LogP contribution in [0.2, 0.25) is 5.02 Å². The van der Waals surface area contributed by atoms with Gasteiger partial charge in [-0.3, -0.25) is 19.7 Å². The van der Waals surface area contributed by atoms with Gasteiger partial charge in [0, 0.05) is 28.9 Å². The van der Waals surface area contributed by atoms with Crippen molar-refractivity contribution in [1.82, 2.24) is 4.98 Å². The van der Waals surface area contributed by atoms with E-state index in [0.29, 0.717) is 0 Å². The maximum atomic E-state index is 12.0. The quantitative estimate of drug-likeness (QED) is 0.382. The number of nitro groups is 1. The number of aromatic nitrogens is 1. The Morgan fingerprint density at radius 2 is 2.00 bits per heavy atom. The number of aromatic amines is 1. The first kappa shape index (κ1) is 18.4. The van der Waals surface area contributed by atoms with Crippen LogP contribution < -0.4 is 5.32 Å². The zero-order chi connectivity index (χ0) is 19.4. The summed E-state index contributed by atoms with van der Waals surface area (Å²) >= 11 is 5.71. The van der Waals surface area contributed by atoms with Gasteiger partial charge in [-0.15, -0.1) is 0 Å². The van der Waals surface area contributed by atoms with Crippen LogP contribution >= 0.6 is 11.6 Å². The van der Waals surface area contributed by atoms with Crippen molar-refractivity contribution in [3.8, 4) is 0 Å². The molecule has 27 heavy (non-hydrogen) atoms. The smallest absolute Gasteiger partial charge is 0.310 e. The third-order valence-corrected chi connectivity index (χ3v) is 4.12. The number of nitrogens with one attached hydrogen (secondary N) is 2. The number of para-hydroxylation sites is 1. The standard InChI is InChI=1S/C18H14ClN3O5/c19-14-6-5-12(8-16(14)22(25)26)21-17(23)10-27-18(24)7-11-9-20-15-4-2-1-3-13(11)15/h1-6,8-9,20H,7,10H2,(H,21,23). The molecule has 0 aliphatic rings. The summed E-state index contributed by atoms with van der Waals surface area (Å²) in [4.78, 5) is 37.1. The van der Waals surface area contributed by atoms with Crippen LogP contribution in [0.15, 0.2) is 48.7 Å². The van der Waals surface area contributed by atoms with Gasteiger partial charge in [0.2, 0.25) is 0 Å². The number of esters is 1. The van der Waals surface area contributed by atoms with Crippen molar-refractivity contribution in [3.05, 3.63) is 69.4 Å². The molecule has 0 saturated heterocycles. The van der Waals surface area contributed by atoms with Crippen LogP contribution in [-0.2, 0) is 20.7 Å². The zero-order valence-electron chi connectivity index (χ0n) is 13.9. The fraction of sp³-hybridized carbons (Fsp3) is 0.111. The molecule has 0 atom stereocenters. The first-order chi connectivity index (χ1) is 12.9. The number of anilines is 1. The molecule has 0 fully saturated rings. The summed E-state index contributed by atoms with van der Waals surface area (Å²) in [6.45, 7) is -0.502. The number of fused-ring (bicyclic) bond motifs is 1. The molecule has 1 heterocycles. The first-order valence-electron chi connectivity index (χ1n) is 7.88. The SMILES string of the molecule is O=C(COC(=O)Cc1c[nH]c2ccccc12)Nc1ccc(Cl)c([N+](=O)[O-])c1. The van der Waals surface area contributed by atoms with Gasteiger partial charge in [0.05, 0.1) is 11.3 Å². The molecule has 1 aromatic heterocycles. The number of nitrogens with zero attached hydrogens (tertiary/aromatic N) is 1. The van der Waals surface area contributed by atoms with Crippen LogP contribution in [0, 0.1) is 10.1 Å². The van der Waals surface area contributed by atoms with E-state index in [2.05, 4.69) is 10.3 Å². The van der Waals surface area contributed by atoms with Crippen LogP contribution in [0.25, 0.3) is 10.9 Å². The Bertz CT molecular complexity index is 1030. The third kappa shape index (κ3) is 4.42. The minimum Gasteiger partial charge on any atom is -0.455 e. The molecule has 3 aromatic rings. The van der Waals surface area contributed by atoms with E-state index in [9.17, 15) is 19.7 Å². The number of carbonyl (C=O) groups is 2. The minimum absolute atomic E-state index is 0.0176. The van der Waals surface area contributed by atoms with Crippen LogP contribution in [0.5, 0.6) is 0 Å². The lowest BCUT2D eigenvalue weighted by molar-refractivity contribution is -0.384. The molecule has 0 aliphatic carbocycles. The first-order valence-corrected chi connectivity index (χ1v) is 8.26. The van der Waals surface area contributed by atoms with Gasteiger partial charge in [-0.2, -0.15) is 0 Å². The summed E-state index contributed by atoms with van der Waals surface area (Å²) in [7, 11) is 0. The van der Waals surface area contributed by atoms with Crippen molar-refractivity contribution in [2.75, 3.05) is 11.9 Å². The topological polar surface area (TPSA) is 114 Å². The highest BCUT2D eigenvalue weighted by Gasteiger charge is 2.15. The molecule has 0 saturated carbocycles. The molecule has 2 aromatic carbocycles. The van der Waals surface area contributed by atoms with Gasteiger partial charge >= 0.3 is 5.97 Å². The number of ether oxygens (including phenoxy) is 1. The molecule has 9 heteroatoms. The summed E-state index contributed by atoms with van der Waals surface area (Å²) in [5.41, 5.74) is 1.53. The Morgan fingerprint density at radius 1 is 1.22 bits per heavy atom. The van der Waals surface area contributed by atoms with Crippen molar-refractivity contribution in [1.29, 1.82) is 0 Å². The van der Waals surface area contributed by atoms with E-state index in [1.807, 2.05) is 24.3 Å². The fourth-order valence-electron chi connectivity index (χ4n) is 2.56. The highest BCUT2D eigenvalue weighted by Crippen LogP contribution is 2.27. The van der Waals surface area contributed by atoms with Gasteiger partial charge in [-0.05, 0) is 23.8 Å². The lowest BCUT2D eigenvalue weighted by atomic mass is 10.1. The van der Waals surface area contributed by atoms with Crippen LogP contribution in [0.1, 0.15) is 5.56 Å². The number of hydrogen-bond acceptors (Lipinski definition) is 5. The van der Waals surface area contributed by atoms with Crippen LogP contribution in [0.4, 0.5) is 11.4 Å². The van der Waals surface area contributed by atoms with Gasteiger partial charge in [0.1, 0.15) is 5.02 Å². The van der Waals surface area contributed by atoms with Crippen molar-refractivity contribution in [3.63, 3.8) is 0 Å². The monoisotopic (exact) mass is 387 g/mol. The van der Waals surface area contributed by atoms with Gasteiger partial charge in [-0.25, -0.2) is 0 Å². The van der Waals surface area contributed by atoms with Crippen molar-refractivity contribution < 1.29 is 19.2 Å². The Hall–Kier alpha value is -3.39. The van der Waals surface area contributed by atoms with Crippen LogP contribution in [0.3, 0.4) is 0 Å². The molecule has 0 radical (unpaired) electrons. The number of nitro benzene ring substituents is 1. The minimum atomic E-state index is -0.654.